The van der Waals surface area contributed by atoms with Gasteiger partial charge in [0.2, 0.25) is 0 Å². The zero-order valence-corrected chi connectivity index (χ0v) is 9.99. The topological polar surface area (TPSA) is 67.8 Å². The maximum absolute atomic E-state index is 11.2. The second kappa shape index (κ2) is 6.18. The van der Waals surface area contributed by atoms with Crippen LogP contribution in [-0.2, 0) is 14.3 Å². The molecule has 1 rings (SSSR count). The number of carboxylic acids is 1. The Hall–Kier alpha value is -0.650. The van der Waals surface area contributed by atoms with Crippen molar-refractivity contribution >= 4 is 5.97 Å². The van der Waals surface area contributed by atoms with Crippen LogP contribution in [0.15, 0.2) is 0 Å². The van der Waals surface area contributed by atoms with Gasteiger partial charge in [0.15, 0.2) is 0 Å². The lowest BCUT2D eigenvalue weighted by Gasteiger charge is -2.29. The number of ether oxygens (including phenoxy) is 2. The molecule has 94 valence electrons. The molecule has 5 heteroatoms. The minimum absolute atomic E-state index is 0.218. The molecule has 1 saturated heterocycles. The number of hydrogen-bond donors (Lipinski definition) is 2. The highest BCUT2D eigenvalue weighted by atomic mass is 16.6. The van der Waals surface area contributed by atoms with Crippen LogP contribution >= 0.6 is 0 Å². The molecule has 0 spiro atoms. The highest BCUT2D eigenvalue weighted by molar-refractivity contribution is 5.78. The van der Waals surface area contributed by atoms with Crippen molar-refractivity contribution in [1.29, 1.82) is 0 Å². The van der Waals surface area contributed by atoms with Crippen LogP contribution < -0.4 is 5.32 Å². The fourth-order valence-corrected chi connectivity index (χ4v) is 1.78. The number of carbonyl (C=O) groups is 1. The van der Waals surface area contributed by atoms with E-state index in [9.17, 15) is 4.79 Å². The van der Waals surface area contributed by atoms with Crippen LogP contribution in [0.25, 0.3) is 0 Å². The lowest BCUT2D eigenvalue weighted by atomic mass is 9.91. The second-order valence-corrected chi connectivity index (χ2v) is 4.12. The van der Waals surface area contributed by atoms with Gasteiger partial charge in [0.1, 0.15) is 11.6 Å². The lowest BCUT2D eigenvalue weighted by Crippen LogP contribution is -2.50. The summed E-state index contributed by atoms with van der Waals surface area (Å²) >= 11 is 0. The molecular formula is C11H21NO4. The van der Waals surface area contributed by atoms with E-state index in [1.807, 2.05) is 6.92 Å². The molecule has 16 heavy (non-hydrogen) atoms. The Morgan fingerprint density at radius 2 is 2.31 bits per heavy atom. The monoisotopic (exact) mass is 231 g/mol. The minimum atomic E-state index is -0.806. The zero-order valence-electron chi connectivity index (χ0n) is 9.99. The van der Waals surface area contributed by atoms with E-state index in [4.69, 9.17) is 14.6 Å². The summed E-state index contributed by atoms with van der Waals surface area (Å²) in [6.07, 6.45) is 2.13. The quantitative estimate of drug-likeness (QED) is 0.600. The number of carboxylic acid groups (broad SMARTS) is 1. The molecule has 1 aliphatic heterocycles. The van der Waals surface area contributed by atoms with Gasteiger partial charge in [-0.1, -0.05) is 6.92 Å². The van der Waals surface area contributed by atoms with Gasteiger partial charge in [0.25, 0.3) is 0 Å². The largest absolute Gasteiger partial charge is 0.480 e. The zero-order chi connectivity index (χ0) is 12.0. The Bertz CT molecular complexity index is 224. The van der Waals surface area contributed by atoms with Gasteiger partial charge < -0.3 is 19.9 Å². The van der Waals surface area contributed by atoms with Gasteiger partial charge >= 0.3 is 5.97 Å². The predicted octanol–water partition coefficient (Wildman–Crippen LogP) is 0.635. The summed E-state index contributed by atoms with van der Waals surface area (Å²) in [5.74, 6) is -0.788. The molecule has 2 N–H and O–H groups in total. The molecule has 0 saturated carbocycles. The molecule has 0 bridgehead atoms. The van der Waals surface area contributed by atoms with Crippen LogP contribution in [0.3, 0.4) is 0 Å². The maximum Gasteiger partial charge on any atom is 0.323 e. The third-order valence-electron chi connectivity index (χ3n) is 3.20. The van der Waals surface area contributed by atoms with Crippen molar-refractivity contribution in [1.82, 2.24) is 5.32 Å². The average molecular weight is 231 g/mol. The Kier molecular flexibility index (Phi) is 5.18. The first-order valence-electron chi connectivity index (χ1n) is 5.76. The number of aliphatic carboxylic acids is 1. The molecule has 1 fully saturated rings. The third kappa shape index (κ3) is 3.17. The fraction of sp³-hybridized carbons (Fsp3) is 0.909. The van der Waals surface area contributed by atoms with Crippen LogP contribution in [0, 0.1) is 0 Å². The van der Waals surface area contributed by atoms with E-state index in [1.165, 1.54) is 0 Å². The summed E-state index contributed by atoms with van der Waals surface area (Å²) in [6, 6.07) is 0. The Morgan fingerprint density at radius 3 is 2.69 bits per heavy atom. The van der Waals surface area contributed by atoms with Crippen LogP contribution in [-0.4, -0.2) is 49.6 Å². The standard InChI is InChI=1S/C11H21NO4/c1-3-11(12-2,10(13)14)5-4-6-16-9-7-15-8-9/h9,12H,3-8H2,1-2H3,(H,13,14). The molecule has 5 nitrogen and oxygen atoms in total. The van der Waals surface area contributed by atoms with Crippen molar-refractivity contribution in [3.63, 3.8) is 0 Å². The van der Waals surface area contributed by atoms with Gasteiger partial charge in [-0.3, -0.25) is 4.79 Å². The van der Waals surface area contributed by atoms with E-state index in [0.29, 0.717) is 32.7 Å². The maximum atomic E-state index is 11.2. The summed E-state index contributed by atoms with van der Waals surface area (Å²) in [7, 11) is 1.69. The lowest BCUT2D eigenvalue weighted by molar-refractivity contribution is -0.146. The smallest absolute Gasteiger partial charge is 0.323 e. The van der Waals surface area contributed by atoms with Crippen LogP contribution in [0.2, 0.25) is 0 Å². The van der Waals surface area contributed by atoms with Crippen LogP contribution in [0.4, 0.5) is 0 Å². The number of likely N-dealkylation sites (N-methyl/N-ethyl adjacent to an activating group) is 1. The van der Waals surface area contributed by atoms with Gasteiger partial charge in [-0.05, 0) is 26.3 Å². The molecule has 1 unspecified atom stereocenters. The van der Waals surface area contributed by atoms with Gasteiger partial charge in [-0.2, -0.15) is 0 Å². The molecule has 0 aromatic heterocycles. The predicted molar refractivity (Wildman–Crippen MR) is 59.5 cm³/mol. The summed E-state index contributed by atoms with van der Waals surface area (Å²) in [5.41, 5.74) is -0.806. The first-order chi connectivity index (χ1) is 7.64. The van der Waals surface area contributed by atoms with Crippen molar-refractivity contribution < 1.29 is 19.4 Å². The fourth-order valence-electron chi connectivity index (χ4n) is 1.78. The summed E-state index contributed by atoms with van der Waals surface area (Å²) < 4.78 is 10.5. The molecule has 0 aromatic carbocycles. The molecule has 1 atom stereocenters. The van der Waals surface area contributed by atoms with Gasteiger partial charge in [0.05, 0.1) is 13.2 Å². The highest BCUT2D eigenvalue weighted by Crippen LogP contribution is 2.18. The third-order valence-corrected chi connectivity index (χ3v) is 3.20. The normalized spacial score (nSPS) is 20.1. The van der Waals surface area contributed by atoms with Gasteiger partial charge in [-0.15, -0.1) is 0 Å². The van der Waals surface area contributed by atoms with Gasteiger partial charge in [0, 0.05) is 6.61 Å². The number of nitrogens with one attached hydrogen (secondary N) is 1. The van der Waals surface area contributed by atoms with Crippen LogP contribution in [0.1, 0.15) is 26.2 Å². The van der Waals surface area contributed by atoms with Crippen LogP contribution in [0.5, 0.6) is 0 Å². The van der Waals surface area contributed by atoms with E-state index in [-0.39, 0.29) is 6.10 Å². The SMILES string of the molecule is CCC(CCCOC1COC1)(NC)C(=O)O. The van der Waals surface area contributed by atoms with Crippen molar-refractivity contribution in [3.8, 4) is 0 Å². The van der Waals surface area contributed by atoms with E-state index in [0.717, 1.165) is 6.42 Å². The summed E-state index contributed by atoms with van der Waals surface area (Å²) in [6.45, 7) is 3.82. The molecule has 0 aromatic rings. The number of rotatable bonds is 8. The average Bonchev–Trinajstić information content (AvgIpc) is 2.21. The summed E-state index contributed by atoms with van der Waals surface area (Å²) in [5, 5.41) is 12.1. The number of hydrogen-bond acceptors (Lipinski definition) is 4. The molecule has 0 amide bonds. The molecule has 1 aliphatic rings. The van der Waals surface area contributed by atoms with Crippen molar-refractivity contribution in [2.45, 2.75) is 37.8 Å². The molecule has 1 heterocycles. The molecule has 0 radical (unpaired) electrons. The van der Waals surface area contributed by atoms with Crippen molar-refractivity contribution in [2.75, 3.05) is 26.9 Å². The van der Waals surface area contributed by atoms with E-state index in [2.05, 4.69) is 5.32 Å². The summed E-state index contributed by atoms with van der Waals surface area (Å²) in [4.78, 5) is 11.2. The highest BCUT2D eigenvalue weighted by Gasteiger charge is 2.34. The second-order valence-electron chi connectivity index (χ2n) is 4.12. The van der Waals surface area contributed by atoms with Crippen molar-refractivity contribution in [2.24, 2.45) is 0 Å². The Labute approximate surface area is 96.1 Å². The Morgan fingerprint density at radius 1 is 1.62 bits per heavy atom. The first kappa shape index (κ1) is 13.4. The van der Waals surface area contributed by atoms with Gasteiger partial charge in [-0.25, -0.2) is 0 Å². The molecular weight excluding hydrogens is 210 g/mol. The van der Waals surface area contributed by atoms with E-state index in [1.54, 1.807) is 7.05 Å². The molecule has 0 aliphatic carbocycles. The Balaban J connectivity index is 2.23. The first-order valence-corrected chi connectivity index (χ1v) is 5.76. The van der Waals surface area contributed by atoms with E-state index < -0.39 is 11.5 Å². The van der Waals surface area contributed by atoms with Crippen molar-refractivity contribution in [3.05, 3.63) is 0 Å². The van der Waals surface area contributed by atoms with E-state index >= 15 is 0 Å². The minimum Gasteiger partial charge on any atom is -0.480 e.